The third-order valence-corrected chi connectivity index (χ3v) is 4.13. The SMILES string of the molecule is Cc1ncc(COc2ccc3ccccc3c2CN)s1. The highest BCUT2D eigenvalue weighted by atomic mass is 32.1. The Balaban J connectivity index is 1.91. The lowest BCUT2D eigenvalue weighted by Crippen LogP contribution is -2.03. The molecule has 2 aromatic carbocycles. The predicted molar refractivity (Wildman–Crippen MR) is 83.0 cm³/mol. The van der Waals surface area contributed by atoms with Crippen LogP contribution in [0.25, 0.3) is 10.8 Å². The lowest BCUT2D eigenvalue weighted by molar-refractivity contribution is 0.307. The molecular formula is C16H16N2OS. The number of nitrogens with zero attached hydrogens (tertiary/aromatic N) is 1. The summed E-state index contributed by atoms with van der Waals surface area (Å²) in [6.45, 7) is 3.00. The van der Waals surface area contributed by atoms with Crippen LogP contribution in [0.4, 0.5) is 0 Å². The van der Waals surface area contributed by atoms with Gasteiger partial charge in [-0.3, -0.25) is 0 Å². The van der Waals surface area contributed by atoms with Gasteiger partial charge in [0.25, 0.3) is 0 Å². The number of thiazole rings is 1. The molecular weight excluding hydrogens is 268 g/mol. The van der Waals surface area contributed by atoms with Gasteiger partial charge in [-0.05, 0) is 23.8 Å². The van der Waals surface area contributed by atoms with Crippen molar-refractivity contribution >= 4 is 22.1 Å². The summed E-state index contributed by atoms with van der Waals surface area (Å²) in [5.74, 6) is 0.859. The lowest BCUT2D eigenvalue weighted by Gasteiger charge is -2.12. The van der Waals surface area contributed by atoms with Crippen LogP contribution in [0.2, 0.25) is 0 Å². The smallest absolute Gasteiger partial charge is 0.124 e. The molecule has 102 valence electrons. The largest absolute Gasteiger partial charge is 0.488 e. The zero-order valence-electron chi connectivity index (χ0n) is 11.3. The van der Waals surface area contributed by atoms with E-state index in [1.807, 2.05) is 31.3 Å². The molecule has 2 N–H and O–H groups in total. The van der Waals surface area contributed by atoms with Crippen LogP contribution in [0.15, 0.2) is 42.6 Å². The van der Waals surface area contributed by atoms with Crippen molar-refractivity contribution in [1.82, 2.24) is 4.98 Å². The number of aromatic nitrogens is 1. The molecule has 3 rings (SSSR count). The summed E-state index contributed by atoms with van der Waals surface area (Å²) in [6.07, 6.45) is 1.86. The van der Waals surface area contributed by atoms with E-state index in [1.165, 1.54) is 5.39 Å². The van der Waals surface area contributed by atoms with E-state index in [0.717, 1.165) is 26.6 Å². The van der Waals surface area contributed by atoms with Crippen molar-refractivity contribution in [3.05, 3.63) is 58.0 Å². The normalized spacial score (nSPS) is 10.9. The van der Waals surface area contributed by atoms with Crippen LogP contribution in [0.5, 0.6) is 5.75 Å². The van der Waals surface area contributed by atoms with E-state index in [1.54, 1.807) is 11.3 Å². The number of nitrogens with two attached hydrogens (primary N) is 1. The van der Waals surface area contributed by atoms with Crippen LogP contribution in [-0.4, -0.2) is 4.98 Å². The van der Waals surface area contributed by atoms with E-state index in [9.17, 15) is 0 Å². The quantitative estimate of drug-likeness (QED) is 0.795. The summed E-state index contributed by atoms with van der Waals surface area (Å²) < 4.78 is 5.93. The van der Waals surface area contributed by atoms with Crippen molar-refractivity contribution < 1.29 is 4.74 Å². The molecule has 0 aliphatic carbocycles. The second kappa shape index (κ2) is 5.61. The Hall–Kier alpha value is -1.91. The van der Waals surface area contributed by atoms with Gasteiger partial charge in [-0.15, -0.1) is 11.3 Å². The third kappa shape index (κ3) is 2.53. The van der Waals surface area contributed by atoms with Crippen molar-refractivity contribution in [1.29, 1.82) is 0 Å². The topological polar surface area (TPSA) is 48.1 Å². The van der Waals surface area contributed by atoms with Crippen LogP contribution in [0.1, 0.15) is 15.4 Å². The van der Waals surface area contributed by atoms with Crippen molar-refractivity contribution in [3.8, 4) is 5.75 Å². The zero-order valence-corrected chi connectivity index (χ0v) is 12.1. The van der Waals surface area contributed by atoms with Gasteiger partial charge in [0.15, 0.2) is 0 Å². The average molecular weight is 284 g/mol. The van der Waals surface area contributed by atoms with E-state index in [0.29, 0.717) is 13.2 Å². The van der Waals surface area contributed by atoms with Crippen molar-refractivity contribution in [2.24, 2.45) is 5.73 Å². The Morgan fingerprint density at radius 3 is 2.80 bits per heavy atom. The van der Waals surface area contributed by atoms with Gasteiger partial charge < -0.3 is 10.5 Å². The van der Waals surface area contributed by atoms with Gasteiger partial charge in [-0.1, -0.05) is 30.3 Å². The number of rotatable bonds is 4. The minimum absolute atomic E-state index is 0.471. The Kier molecular flexibility index (Phi) is 3.67. The van der Waals surface area contributed by atoms with Crippen molar-refractivity contribution in [2.45, 2.75) is 20.1 Å². The average Bonchev–Trinajstić information content (AvgIpc) is 2.90. The van der Waals surface area contributed by atoms with Gasteiger partial charge in [-0.25, -0.2) is 4.98 Å². The molecule has 0 radical (unpaired) electrons. The fraction of sp³-hybridized carbons (Fsp3) is 0.188. The predicted octanol–water partition coefficient (Wildman–Crippen LogP) is 3.64. The summed E-state index contributed by atoms with van der Waals surface area (Å²) in [5, 5.41) is 3.41. The van der Waals surface area contributed by atoms with Gasteiger partial charge in [0.2, 0.25) is 0 Å². The molecule has 0 spiro atoms. The van der Waals surface area contributed by atoms with Gasteiger partial charge in [0.05, 0.1) is 9.88 Å². The molecule has 3 aromatic rings. The van der Waals surface area contributed by atoms with E-state index < -0.39 is 0 Å². The molecule has 0 aliphatic rings. The van der Waals surface area contributed by atoms with Crippen LogP contribution >= 0.6 is 11.3 Å². The Morgan fingerprint density at radius 1 is 1.20 bits per heavy atom. The first-order valence-corrected chi connectivity index (χ1v) is 7.34. The highest BCUT2D eigenvalue weighted by Crippen LogP contribution is 2.28. The van der Waals surface area contributed by atoms with Crippen molar-refractivity contribution in [3.63, 3.8) is 0 Å². The van der Waals surface area contributed by atoms with E-state index in [2.05, 4.69) is 23.2 Å². The first-order valence-electron chi connectivity index (χ1n) is 6.52. The lowest BCUT2D eigenvalue weighted by atomic mass is 10.0. The minimum Gasteiger partial charge on any atom is -0.488 e. The first-order chi connectivity index (χ1) is 9.78. The monoisotopic (exact) mass is 284 g/mol. The maximum atomic E-state index is 5.93. The summed E-state index contributed by atoms with van der Waals surface area (Å²) in [5.41, 5.74) is 6.96. The van der Waals surface area contributed by atoms with Gasteiger partial charge in [-0.2, -0.15) is 0 Å². The maximum absolute atomic E-state index is 5.93. The first kappa shape index (κ1) is 13.1. The molecule has 4 heteroatoms. The standard InChI is InChI=1S/C16H16N2OS/c1-11-18-9-13(20-11)10-19-16-7-6-12-4-2-3-5-14(12)15(16)8-17/h2-7,9H,8,10,17H2,1H3. The minimum atomic E-state index is 0.471. The number of fused-ring (bicyclic) bond motifs is 1. The Morgan fingerprint density at radius 2 is 2.05 bits per heavy atom. The van der Waals surface area contributed by atoms with Crippen LogP contribution in [0, 0.1) is 6.92 Å². The molecule has 1 heterocycles. The molecule has 0 saturated heterocycles. The molecule has 0 bridgehead atoms. The molecule has 0 saturated carbocycles. The fourth-order valence-corrected chi connectivity index (χ4v) is 2.99. The van der Waals surface area contributed by atoms with Gasteiger partial charge >= 0.3 is 0 Å². The molecule has 0 aliphatic heterocycles. The summed E-state index contributed by atoms with van der Waals surface area (Å²) in [6, 6.07) is 12.3. The van der Waals surface area contributed by atoms with E-state index in [-0.39, 0.29) is 0 Å². The molecule has 0 amide bonds. The fourth-order valence-electron chi connectivity index (χ4n) is 2.28. The van der Waals surface area contributed by atoms with E-state index in [4.69, 9.17) is 10.5 Å². The highest BCUT2D eigenvalue weighted by Gasteiger charge is 2.08. The van der Waals surface area contributed by atoms with Crippen molar-refractivity contribution in [2.75, 3.05) is 0 Å². The highest BCUT2D eigenvalue weighted by molar-refractivity contribution is 7.11. The third-order valence-electron chi connectivity index (χ3n) is 3.24. The zero-order chi connectivity index (χ0) is 13.9. The number of ether oxygens (including phenoxy) is 1. The van der Waals surface area contributed by atoms with Gasteiger partial charge in [0, 0.05) is 18.3 Å². The van der Waals surface area contributed by atoms with Crippen LogP contribution in [-0.2, 0) is 13.2 Å². The Labute approximate surface area is 122 Å². The maximum Gasteiger partial charge on any atom is 0.124 e. The van der Waals surface area contributed by atoms with Crippen LogP contribution in [0.3, 0.4) is 0 Å². The number of hydrogen-bond acceptors (Lipinski definition) is 4. The number of benzene rings is 2. The molecule has 1 aromatic heterocycles. The molecule has 3 nitrogen and oxygen atoms in total. The molecule has 0 fully saturated rings. The van der Waals surface area contributed by atoms with Gasteiger partial charge in [0.1, 0.15) is 12.4 Å². The van der Waals surface area contributed by atoms with Crippen LogP contribution < -0.4 is 10.5 Å². The second-order valence-corrected chi connectivity index (χ2v) is 5.92. The second-order valence-electron chi connectivity index (χ2n) is 4.60. The van der Waals surface area contributed by atoms with E-state index >= 15 is 0 Å². The molecule has 20 heavy (non-hydrogen) atoms. The summed E-state index contributed by atoms with van der Waals surface area (Å²) >= 11 is 1.66. The summed E-state index contributed by atoms with van der Waals surface area (Å²) in [7, 11) is 0. The molecule has 0 unspecified atom stereocenters. The number of hydrogen-bond donors (Lipinski definition) is 1. The number of aryl methyl sites for hydroxylation is 1. The Bertz CT molecular complexity index is 736. The molecule has 0 atom stereocenters. The summed E-state index contributed by atoms with van der Waals surface area (Å²) in [4.78, 5) is 5.36.